The molecule has 1 aromatic carbocycles. The quantitative estimate of drug-likeness (QED) is 0.912. The Labute approximate surface area is 116 Å². The molecule has 0 aliphatic heterocycles. The summed E-state index contributed by atoms with van der Waals surface area (Å²) in [5.41, 5.74) is 1.53. The second-order valence-corrected chi connectivity index (χ2v) is 5.28. The maximum atomic E-state index is 13.8. The largest absolute Gasteiger partial charge is 0.308 e. The number of aromatic nitrogens is 2. The Bertz CT molecular complexity index is 578. The third kappa shape index (κ3) is 3.14. The molecule has 0 unspecified atom stereocenters. The van der Waals surface area contributed by atoms with E-state index >= 15 is 0 Å². The number of hydrogen-bond acceptors (Lipinski definition) is 2. The zero-order valence-corrected chi connectivity index (χ0v) is 11.2. The third-order valence-electron chi connectivity index (χ3n) is 3.21. The number of nitrogens with one attached hydrogen (secondary N) is 1. The van der Waals surface area contributed by atoms with Crippen molar-refractivity contribution in [3.05, 3.63) is 52.6 Å². The van der Waals surface area contributed by atoms with Gasteiger partial charge >= 0.3 is 0 Å². The van der Waals surface area contributed by atoms with Gasteiger partial charge in [0.1, 0.15) is 5.82 Å². The van der Waals surface area contributed by atoms with Crippen molar-refractivity contribution in [3.63, 3.8) is 0 Å². The van der Waals surface area contributed by atoms with E-state index in [4.69, 9.17) is 11.6 Å². The number of rotatable bonds is 5. The molecule has 0 atom stereocenters. The van der Waals surface area contributed by atoms with Crippen LogP contribution in [-0.4, -0.2) is 15.8 Å². The van der Waals surface area contributed by atoms with Gasteiger partial charge in [-0.25, -0.2) is 4.39 Å². The zero-order valence-electron chi connectivity index (χ0n) is 10.4. The predicted molar refractivity (Wildman–Crippen MR) is 72.6 cm³/mol. The van der Waals surface area contributed by atoms with E-state index in [2.05, 4.69) is 10.4 Å². The minimum atomic E-state index is -0.364. The lowest BCUT2D eigenvalue weighted by Gasteiger charge is -2.05. The summed E-state index contributed by atoms with van der Waals surface area (Å²) in [7, 11) is 0. The first kappa shape index (κ1) is 12.6. The van der Waals surface area contributed by atoms with Crippen LogP contribution in [0, 0.1) is 5.82 Å². The van der Waals surface area contributed by atoms with Gasteiger partial charge in [0.05, 0.1) is 17.3 Å². The molecule has 1 saturated carbocycles. The van der Waals surface area contributed by atoms with Crippen LogP contribution >= 0.6 is 11.6 Å². The number of benzene rings is 1. The second kappa shape index (κ2) is 5.31. The molecule has 1 heterocycles. The van der Waals surface area contributed by atoms with E-state index in [-0.39, 0.29) is 10.8 Å². The highest BCUT2D eigenvalue weighted by Crippen LogP contribution is 2.20. The van der Waals surface area contributed by atoms with E-state index in [1.165, 1.54) is 12.8 Å². The molecular weight excluding hydrogens is 265 g/mol. The van der Waals surface area contributed by atoms with Crippen LogP contribution in [0.3, 0.4) is 0 Å². The van der Waals surface area contributed by atoms with Crippen molar-refractivity contribution in [1.82, 2.24) is 15.1 Å². The van der Waals surface area contributed by atoms with E-state index in [0.29, 0.717) is 18.2 Å². The SMILES string of the molecule is Fc1c(Cl)cccc1Cn1ccc(CNC2CC2)n1. The Morgan fingerprint density at radius 2 is 2.21 bits per heavy atom. The number of hydrogen-bond donors (Lipinski definition) is 1. The normalized spacial score (nSPS) is 14.8. The second-order valence-electron chi connectivity index (χ2n) is 4.87. The number of nitrogens with zero attached hydrogens (tertiary/aromatic N) is 2. The summed E-state index contributed by atoms with van der Waals surface area (Å²) < 4.78 is 15.5. The summed E-state index contributed by atoms with van der Waals surface area (Å²) in [6.07, 6.45) is 4.38. The first-order chi connectivity index (χ1) is 9.22. The smallest absolute Gasteiger partial charge is 0.146 e. The van der Waals surface area contributed by atoms with E-state index in [1.54, 1.807) is 22.9 Å². The van der Waals surface area contributed by atoms with Gasteiger partial charge in [0.2, 0.25) is 0 Å². The lowest BCUT2D eigenvalue weighted by Crippen LogP contribution is -2.16. The summed E-state index contributed by atoms with van der Waals surface area (Å²) in [5, 5.41) is 7.97. The molecule has 3 rings (SSSR count). The van der Waals surface area contributed by atoms with Gasteiger partial charge in [-0.05, 0) is 25.0 Å². The van der Waals surface area contributed by atoms with Crippen LogP contribution in [0.1, 0.15) is 24.1 Å². The molecule has 0 saturated heterocycles. The molecule has 5 heteroatoms. The molecule has 1 aliphatic rings. The average molecular weight is 280 g/mol. The molecule has 3 nitrogen and oxygen atoms in total. The summed E-state index contributed by atoms with van der Waals surface area (Å²) in [4.78, 5) is 0. The van der Waals surface area contributed by atoms with Crippen molar-refractivity contribution < 1.29 is 4.39 Å². The Morgan fingerprint density at radius 3 is 3.00 bits per heavy atom. The first-order valence-corrected chi connectivity index (χ1v) is 6.79. The molecule has 0 bridgehead atoms. The Hall–Kier alpha value is -1.39. The van der Waals surface area contributed by atoms with Crippen LogP contribution in [0.2, 0.25) is 5.02 Å². The lowest BCUT2D eigenvalue weighted by atomic mass is 10.2. The van der Waals surface area contributed by atoms with E-state index in [0.717, 1.165) is 12.2 Å². The summed E-state index contributed by atoms with van der Waals surface area (Å²) in [6, 6.07) is 7.65. The van der Waals surface area contributed by atoms with Crippen molar-refractivity contribution in [3.8, 4) is 0 Å². The third-order valence-corrected chi connectivity index (χ3v) is 3.50. The van der Waals surface area contributed by atoms with Gasteiger partial charge in [-0.1, -0.05) is 23.7 Å². The van der Waals surface area contributed by atoms with Crippen molar-refractivity contribution >= 4 is 11.6 Å². The van der Waals surface area contributed by atoms with E-state index < -0.39 is 0 Å². The molecule has 0 spiro atoms. The van der Waals surface area contributed by atoms with Crippen molar-refractivity contribution in [2.75, 3.05) is 0 Å². The molecule has 100 valence electrons. The average Bonchev–Trinajstić information content (AvgIpc) is 3.13. The van der Waals surface area contributed by atoms with Crippen molar-refractivity contribution in [2.45, 2.75) is 32.0 Å². The minimum absolute atomic E-state index is 0.153. The first-order valence-electron chi connectivity index (χ1n) is 6.41. The van der Waals surface area contributed by atoms with Crippen LogP contribution in [0.15, 0.2) is 30.5 Å². The zero-order chi connectivity index (χ0) is 13.2. The summed E-state index contributed by atoms with van der Waals surface area (Å²) in [5.74, 6) is -0.364. The monoisotopic (exact) mass is 279 g/mol. The highest BCUT2D eigenvalue weighted by Gasteiger charge is 2.20. The standard InChI is InChI=1S/C14H15ClFN3/c15-13-3-1-2-10(14(13)16)9-19-7-6-12(18-19)8-17-11-4-5-11/h1-3,6-7,11,17H,4-5,8-9H2. The Morgan fingerprint density at radius 1 is 1.37 bits per heavy atom. The summed E-state index contributed by atoms with van der Waals surface area (Å²) >= 11 is 5.76. The van der Waals surface area contributed by atoms with E-state index in [9.17, 15) is 4.39 Å². The van der Waals surface area contributed by atoms with Crippen molar-refractivity contribution in [1.29, 1.82) is 0 Å². The summed E-state index contributed by atoms with van der Waals surface area (Å²) in [6.45, 7) is 1.17. The van der Waals surface area contributed by atoms with Gasteiger partial charge in [0.25, 0.3) is 0 Å². The van der Waals surface area contributed by atoms with Crippen LogP contribution in [0.25, 0.3) is 0 Å². The maximum Gasteiger partial charge on any atom is 0.146 e. The lowest BCUT2D eigenvalue weighted by molar-refractivity contribution is 0.579. The Balaban J connectivity index is 1.67. The minimum Gasteiger partial charge on any atom is -0.308 e. The Kier molecular flexibility index (Phi) is 3.53. The molecule has 1 aliphatic carbocycles. The van der Waals surface area contributed by atoms with Gasteiger partial charge in [-0.15, -0.1) is 0 Å². The van der Waals surface area contributed by atoms with Gasteiger partial charge < -0.3 is 5.32 Å². The molecule has 19 heavy (non-hydrogen) atoms. The fourth-order valence-electron chi connectivity index (χ4n) is 1.97. The van der Waals surface area contributed by atoms with Crippen molar-refractivity contribution in [2.24, 2.45) is 0 Å². The van der Waals surface area contributed by atoms with Crippen LogP contribution in [0.4, 0.5) is 4.39 Å². The maximum absolute atomic E-state index is 13.8. The van der Waals surface area contributed by atoms with Crippen LogP contribution in [-0.2, 0) is 13.1 Å². The highest BCUT2D eigenvalue weighted by atomic mass is 35.5. The van der Waals surface area contributed by atoms with Gasteiger partial charge in [0, 0.05) is 24.3 Å². The van der Waals surface area contributed by atoms with Gasteiger partial charge in [0.15, 0.2) is 0 Å². The molecule has 1 fully saturated rings. The molecular formula is C14H15ClFN3. The highest BCUT2D eigenvalue weighted by molar-refractivity contribution is 6.30. The topological polar surface area (TPSA) is 29.9 Å². The van der Waals surface area contributed by atoms with E-state index in [1.807, 2.05) is 12.3 Å². The van der Waals surface area contributed by atoms with Crippen LogP contribution in [0.5, 0.6) is 0 Å². The molecule has 0 radical (unpaired) electrons. The molecule has 1 aromatic heterocycles. The van der Waals surface area contributed by atoms with Gasteiger partial charge in [-0.2, -0.15) is 5.10 Å². The fraction of sp³-hybridized carbons (Fsp3) is 0.357. The predicted octanol–water partition coefficient (Wildman–Crippen LogP) is 2.98. The number of halogens is 2. The van der Waals surface area contributed by atoms with Crippen LogP contribution < -0.4 is 5.32 Å². The molecule has 2 aromatic rings. The van der Waals surface area contributed by atoms with Gasteiger partial charge in [-0.3, -0.25) is 4.68 Å². The molecule has 1 N–H and O–H groups in total. The fourth-order valence-corrected chi connectivity index (χ4v) is 2.16. The molecule has 0 amide bonds.